The van der Waals surface area contributed by atoms with Gasteiger partial charge in [0.05, 0.1) is 0 Å². The van der Waals surface area contributed by atoms with Gasteiger partial charge in [-0.1, -0.05) is 30.5 Å². The fraction of sp³-hybridized carbons (Fsp3) is 0.455. The first-order valence-corrected chi connectivity index (χ1v) is 10.0. The molecule has 1 amide bonds. The van der Waals surface area contributed by atoms with Crippen molar-refractivity contribution >= 4 is 11.6 Å². The Kier molecular flexibility index (Phi) is 5.39. The standard InChI is InChI=1S/C22H23F2N3O2/c1-14-5-6-18(21(28)25-14)20-26-19(29-27-20)7-10-22(8-3-2-4-9-22)15-11-16(23)13-17(24)12-15/h5-6,11-13,18H,2-4,7-10H2,1H3. The molecule has 5 nitrogen and oxygen atoms in total. The number of aliphatic imine (C=N–C) groups is 1. The Bertz CT molecular complexity index is 954. The molecule has 0 bridgehead atoms. The van der Waals surface area contributed by atoms with Crippen LogP contribution < -0.4 is 0 Å². The van der Waals surface area contributed by atoms with E-state index in [9.17, 15) is 13.6 Å². The Morgan fingerprint density at radius 3 is 2.55 bits per heavy atom. The van der Waals surface area contributed by atoms with E-state index in [0.717, 1.165) is 38.2 Å². The van der Waals surface area contributed by atoms with E-state index in [1.54, 1.807) is 19.1 Å². The minimum absolute atomic E-state index is 0.298. The van der Waals surface area contributed by atoms with Crippen LogP contribution in [-0.4, -0.2) is 21.8 Å². The van der Waals surface area contributed by atoms with Crippen molar-refractivity contribution in [2.45, 2.75) is 63.2 Å². The summed E-state index contributed by atoms with van der Waals surface area (Å²) in [6, 6.07) is 3.79. The largest absolute Gasteiger partial charge is 0.339 e. The molecule has 7 heteroatoms. The van der Waals surface area contributed by atoms with E-state index in [1.807, 2.05) is 0 Å². The number of carbonyl (C=O) groups is 1. The second-order valence-corrected chi connectivity index (χ2v) is 7.97. The lowest BCUT2D eigenvalue weighted by Gasteiger charge is -2.38. The third kappa shape index (κ3) is 4.18. The number of amides is 1. The van der Waals surface area contributed by atoms with E-state index in [-0.39, 0.29) is 11.3 Å². The first-order valence-electron chi connectivity index (χ1n) is 10.0. The molecule has 1 aliphatic heterocycles. The molecule has 2 aliphatic rings. The smallest absolute Gasteiger partial charge is 0.260 e. The normalized spacial score (nSPS) is 21.3. The molecule has 4 rings (SSSR count). The number of halogens is 2. The highest BCUT2D eigenvalue weighted by Crippen LogP contribution is 2.43. The fourth-order valence-corrected chi connectivity index (χ4v) is 4.41. The zero-order valence-corrected chi connectivity index (χ0v) is 16.3. The summed E-state index contributed by atoms with van der Waals surface area (Å²) in [5, 5.41) is 3.96. The van der Waals surface area contributed by atoms with Crippen LogP contribution in [0.3, 0.4) is 0 Å². The van der Waals surface area contributed by atoms with Gasteiger partial charge in [0, 0.05) is 18.2 Å². The molecule has 152 valence electrons. The molecule has 0 N–H and O–H groups in total. The van der Waals surface area contributed by atoms with Crippen molar-refractivity contribution in [3.05, 3.63) is 59.3 Å². The van der Waals surface area contributed by atoms with Gasteiger partial charge in [0.15, 0.2) is 5.82 Å². The molecule has 1 unspecified atom stereocenters. The lowest BCUT2D eigenvalue weighted by molar-refractivity contribution is -0.118. The first kappa shape index (κ1) is 19.6. The molecule has 0 saturated heterocycles. The monoisotopic (exact) mass is 399 g/mol. The van der Waals surface area contributed by atoms with Gasteiger partial charge in [-0.3, -0.25) is 4.79 Å². The molecule has 0 radical (unpaired) electrons. The van der Waals surface area contributed by atoms with E-state index in [4.69, 9.17) is 4.52 Å². The fourth-order valence-electron chi connectivity index (χ4n) is 4.41. The molecule has 2 heterocycles. The highest BCUT2D eigenvalue weighted by Gasteiger charge is 2.35. The second kappa shape index (κ2) is 7.97. The number of nitrogens with zero attached hydrogens (tertiary/aromatic N) is 3. The number of carbonyl (C=O) groups excluding carboxylic acids is 1. The number of rotatable bonds is 5. The Balaban J connectivity index is 1.52. The lowest BCUT2D eigenvalue weighted by atomic mass is 9.67. The van der Waals surface area contributed by atoms with Gasteiger partial charge in [-0.25, -0.2) is 13.8 Å². The topological polar surface area (TPSA) is 68.3 Å². The van der Waals surface area contributed by atoms with Crippen molar-refractivity contribution in [3.63, 3.8) is 0 Å². The van der Waals surface area contributed by atoms with E-state index >= 15 is 0 Å². The van der Waals surface area contributed by atoms with Gasteiger partial charge in [0.25, 0.3) is 5.91 Å². The summed E-state index contributed by atoms with van der Waals surface area (Å²) in [6.07, 6.45) is 9.53. The summed E-state index contributed by atoms with van der Waals surface area (Å²) in [4.78, 5) is 20.4. The number of dihydropyridines is 1. The number of allylic oxidation sites excluding steroid dienone is 1. The van der Waals surface area contributed by atoms with Crippen LogP contribution in [0.25, 0.3) is 0 Å². The first-order chi connectivity index (χ1) is 13.9. The minimum atomic E-state index is -0.628. The van der Waals surface area contributed by atoms with Crippen molar-refractivity contribution < 1.29 is 18.1 Å². The predicted octanol–water partition coefficient (Wildman–Crippen LogP) is 4.82. The number of aromatic nitrogens is 2. The Morgan fingerprint density at radius 2 is 1.86 bits per heavy atom. The highest BCUT2D eigenvalue weighted by molar-refractivity contribution is 6.06. The molecule has 1 aromatic carbocycles. The van der Waals surface area contributed by atoms with Crippen LogP contribution in [0.1, 0.15) is 68.6 Å². The lowest BCUT2D eigenvalue weighted by Crippen LogP contribution is -2.30. The third-order valence-corrected chi connectivity index (χ3v) is 5.95. The zero-order chi connectivity index (χ0) is 20.4. The molecule has 1 aromatic heterocycles. The zero-order valence-electron chi connectivity index (χ0n) is 16.3. The molecule has 2 aromatic rings. The quantitative estimate of drug-likeness (QED) is 0.723. The summed E-state index contributed by atoms with van der Waals surface area (Å²) in [5.41, 5.74) is 1.04. The maximum atomic E-state index is 13.9. The molecule has 1 fully saturated rings. The second-order valence-electron chi connectivity index (χ2n) is 7.97. The van der Waals surface area contributed by atoms with E-state index in [1.165, 1.54) is 12.1 Å². The van der Waals surface area contributed by atoms with Crippen LogP contribution in [-0.2, 0) is 16.6 Å². The number of aryl methyl sites for hydroxylation is 1. The van der Waals surface area contributed by atoms with Crippen LogP contribution in [0.15, 0.2) is 39.9 Å². The summed E-state index contributed by atoms with van der Waals surface area (Å²) in [5.74, 6) is -1.32. The number of benzene rings is 1. The van der Waals surface area contributed by atoms with Gasteiger partial charge in [0.1, 0.15) is 17.6 Å². The van der Waals surface area contributed by atoms with Gasteiger partial charge in [-0.05, 0) is 55.4 Å². The van der Waals surface area contributed by atoms with Gasteiger partial charge in [-0.15, -0.1) is 0 Å². The predicted molar refractivity (Wildman–Crippen MR) is 104 cm³/mol. The molecular weight excluding hydrogens is 376 g/mol. The molecule has 1 aliphatic carbocycles. The van der Waals surface area contributed by atoms with Gasteiger partial charge < -0.3 is 4.52 Å². The van der Waals surface area contributed by atoms with Crippen molar-refractivity contribution in [3.8, 4) is 0 Å². The molecule has 29 heavy (non-hydrogen) atoms. The number of hydrogen-bond acceptors (Lipinski definition) is 4. The van der Waals surface area contributed by atoms with Crippen molar-refractivity contribution in [2.24, 2.45) is 4.99 Å². The highest BCUT2D eigenvalue weighted by atomic mass is 19.1. The van der Waals surface area contributed by atoms with Crippen LogP contribution in [0.2, 0.25) is 0 Å². The summed E-state index contributed by atoms with van der Waals surface area (Å²) >= 11 is 0. The van der Waals surface area contributed by atoms with Crippen LogP contribution in [0.5, 0.6) is 0 Å². The maximum Gasteiger partial charge on any atom is 0.260 e. The SMILES string of the molecule is CC1=NC(=O)C(c2noc(CCC3(c4cc(F)cc(F)c4)CCCCC3)n2)C=C1. The minimum Gasteiger partial charge on any atom is -0.339 e. The number of hydrogen-bond donors (Lipinski definition) is 0. The Labute approximate surface area is 167 Å². The van der Waals surface area contributed by atoms with Gasteiger partial charge in [0.2, 0.25) is 5.89 Å². The molecular formula is C22H23F2N3O2. The third-order valence-electron chi connectivity index (χ3n) is 5.95. The average molecular weight is 399 g/mol. The summed E-state index contributed by atoms with van der Waals surface area (Å²) in [6.45, 7) is 1.76. The van der Waals surface area contributed by atoms with Crippen LogP contribution in [0, 0.1) is 11.6 Å². The van der Waals surface area contributed by atoms with Gasteiger partial charge in [-0.2, -0.15) is 4.98 Å². The van der Waals surface area contributed by atoms with Crippen molar-refractivity contribution in [1.29, 1.82) is 0 Å². The van der Waals surface area contributed by atoms with Crippen LogP contribution >= 0.6 is 0 Å². The molecule has 0 spiro atoms. The Morgan fingerprint density at radius 1 is 1.14 bits per heavy atom. The van der Waals surface area contributed by atoms with E-state index in [0.29, 0.717) is 35.8 Å². The Hall–Kier alpha value is -2.70. The van der Waals surface area contributed by atoms with Gasteiger partial charge >= 0.3 is 0 Å². The van der Waals surface area contributed by atoms with Crippen molar-refractivity contribution in [1.82, 2.24) is 10.1 Å². The average Bonchev–Trinajstić information content (AvgIpc) is 3.15. The van der Waals surface area contributed by atoms with E-state index in [2.05, 4.69) is 15.1 Å². The van der Waals surface area contributed by atoms with E-state index < -0.39 is 17.6 Å². The maximum absolute atomic E-state index is 13.9. The molecule has 1 atom stereocenters. The van der Waals surface area contributed by atoms with Crippen molar-refractivity contribution in [2.75, 3.05) is 0 Å². The van der Waals surface area contributed by atoms with Crippen LogP contribution in [0.4, 0.5) is 8.78 Å². The summed E-state index contributed by atoms with van der Waals surface area (Å²) in [7, 11) is 0. The molecule has 1 saturated carbocycles. The summed E-state index contributed by atoms with van der Waals surface area (Å²) < 4.78 is 33.1.